The van der Waals surface area contributed by atoms with E-state index in [-0.39, 0.29) is 5.91 Å². The standard InChI is InChI=1S/C18H29N3O4S/c1-5-17(18(22)21-13-11-20(6-2)12-14-21)25-16-9-7-15(8-10-16)19(3)26(4,23)24/h7-10,17H,5-6,11-14H2,1-4H3. The molecule has 1 amide bonds. The van der Waals surface area contributed by atoms with Gasteiger partial charge in [0.1, 0.15) is 5.75 Å². The third-order valence-corrected chi connectivity index (χ3v) is 5.96. The number of hydrogen-bond acceptors (Lipinski definition) is 5. The highest BCUT2D eigenvalue weighted by Gasteiger charge is 2.27. The maximum absolute atomic E-state index is 12.7. The molecule has 8 heteroatoms. The van der Waals surface area contributed by atoms with Gasteiger partial charge in [-0.2, -0.15) is 0 Å². The number of carbonyl (C=O) groups is 1. The minimum absolute atomic E-state index is 0.0144. The van der Waals surface area contributed by atoms with E-state index >= 15 is 0 Å². The quantitative estimate of drug-likeness (QED) is 0.712. The first kappa shape index (κ1) is 20.5. The molecule has 1 unspecified atom stereocenters. The number of ether oxygens (including phenoxy) is 1. The zero-order chi connectivity index (χ0) is 19.3. The highest BCUT2D eigenvalue weighted by molar-refractivity contribution is 7.92. The molecule has 1 aromatic carbocycles. The summed E-state index contributed by atoms with van der Waals surface area (Å²) in [7, 11) is -1.80. The van der Waals surface area contributed by atoms with Gasteiger partial charge < -0.3 is 14.5 Å². The summed E-state index contributed by atoms with van der Waals surface area (Å²) in [5, 5.41) is 0. The van der Waals surface area contributed by atoms with Crippen LogP contribution in [0.4, 0.5) is 5.69 Å². The smallest absolute Gasteiger partial charge is 0.263 e. The van der Waals surface area contributed by atoms with Gasteiger partial charge in [0.05, 0.1) is 11.9 Å². The van der Waals surface area contributed by atoms with E-state index in [1.54, 1.807) is 24.3 Å². The maximum atomic E-state index is 12.7. The Kier molecular flexibility index (Phi) is 6.88. The lowest BCUT2D eigenvalue weighted by Crippen LogP contribution is -2.52. The summed E-state index contributed by atoms with van der Waals surface area (Å²) in [6.45, 7) is 8.30. The van der Waals surface area contributed by atoms with Crippen molar-refractivity contribution in [3.8, 4) is 5.75 Å². The van der Waals surface area contributed by atoms with Crippen LogP contribution in [0.1, 0.15) is 20.3 Å². The molecule has 0 bridgehead atoms. The fourth-order valence-corrected chi connectivity index (χ4v) is 3.39. The molecule has 1 heterocycles. The Hall–Kier alpha value is -1.80. The number of piperazine rings is 1. The second-order valence-electron chi connectivity index (χ2n) is 6.50. The van der Waals surface area contributed by atoms with Crippen molar-refractivity contribution in [2.45, 2.75) is 26.4 Å². The first-order chi connectivity index (χ1) is 12.3. The number of anilines is 1. The normalized spacial score (nSPS) is 17.0. The molecule has 0 radical (unpaired) electrons. The number of sulfonamides is 1. The van der Waals surface area contributed by atoms with Crippen molar-refractivity contribution in [2.75, 3.05) is 50.3 Å². The molecule has 146 valence electrons. The van der Waals surface area contributed by atoms with Gasteiger partial charge in [-0.3, -0.25) is 9.10 Å². The van der Waals surface area contributed by atoms with Crippen molar-refractivity contribution >= 4 is 21.6 Å². The van der Waals surface area contributed by atoms with E-state index in [1.165, 1.54) is 11.4 Å². The molecule has 0 spiro atoms. The van der Waals surface area contributed by atoms with Crippen LogP contribution in [0.15, 0.2) is 24.3 Å². The zero-order valence-electron chi connectivity index (χ0n) is 16.0. The summed E-state index contributed by atoms with van der Waals surface area (Å²) in [6.07, 6.45) is 1.21. The Labute approximate surface area is 156 Å². The predicted molar refractivity (Wildman–Crippen MR) is 103 cm³/mol. The second-order valence-corrected chi connectivity index (χ2v) is 8.51. The largest absolute Gasteiger partial charge is 0.481 e. The maximum Gasteiger partial charge on any atom is 0.263 e. The lowest BCUT2D eigenvalue weighted by atomic mass is 10.2. The van der Waals surface area contributed by atoms with Crippen molar-refractivity contribution < 1.29 is 17.9 Å². The lowest BCUT2D eigenvalue weighted by molar-refractivity contribution is -0.140. The van der Waals surface area contributed by atoms with Gasteiger partial charge in [-0.1, -0.05) is 13.8 Å². The summed E-state index contributed by atoms with van der Waals surface area (Å²) in [5.41, 5.74) is 0.551. The van der Waals surface area contributed by atoms with Crippen molar-refractivity contribution in [2.24, 2.45) is 0 Å². The molecule has 0 saturated carbocycles. The van der Waals surface area contributed by atoms with Gasteiger partial charge in [-0.15, -0.1) is 0 Å². The summed E-state index contributed by atoms with van der Waals surface area (Å²) in [4.78, 5) is 16.9. The van der Waals surface area contributed by atoms with Gasteiger partial charge in [0, 0.05) is 33.2 Å². The van der Waals surface area contributed by atoms with Crippen molar-refractivity contribution in [1.29, 1.82) is 0 Å². The fourth-order valence-electron chi connectivity index (χ4n) is 2.89. The van der Waals surface area contributed by atoms with Crippen LogP contribution < -0.4 is 9.04 Å². The van der Waals surface area contributed by atoms with Crippen LogP contribution in [0.25, 0.3) is 0 Å². The Balaban J connectivity index is 2.00. The molecule has 0 aromatic heterocycles. The predicted octanol–water partition coefficient (Wildman–Crippen LogP) is 1.40. The second kappa shape index (κ2) is 8.73. The third kappa shape index (κ3) is 5.11. The van der Waals surface area contributed by atoms with Crippen LogP contribution in [0.3, 0.4) is 0 Å². The number of nitrogens with zero attached hydrogens (tertiary/aromatic N) is 3. The number of rotatable bonds is 7. The Morgan fingerprint density at radius 3 is 2.19 bits per heavy atom. The molecule has 2 rings (SSSR count). The molecule has 1 saturated heterocycles. The lowest BCUT2D eigenvalue weighted by Gasteiger charge is -2.35. The number of likely N-dealkylation sites (N-methyl/N-ethyl adjacent to an activating group) is 1. The number of benzene rings is 1. The fraction of sp³-hybridized carbons (Fsp3) is 0.611. The first-order valence-electron chi connectivity index (χ1n) is 8.98. The molecule has 0 aliphatic carbocycles. The molecule has 26 heavy (non-hydrogen) atoms. The third-order valence-electron chi connectivity index (χ3n) is 4.75. The topological polar surface area (TPSA) is 70.2 Å². The van der Waals surface area contributed by atoms with Gasteiger partial charge in [-0.05, 0) is 37.2 Å². The summed E-state index contributed by atoms with van der Waals surface area (Å²) < 4.78 is 30.3. The Morgan fingerprint density at radius 2 is 1.73 bits per heavy atom. The molecular weight excluding hydrogens is 354 g/mol. The van der Waals surface area contributed by atoms with Gasteiger partial charge in [0.15, 0.2) is 6.10 Å². The highest BCUT2D eigenvalue weighted by atomic mass is 32.2. The minimum atomic E-state index is -3.30. The zero-order valence-corrected chi connectivity index (χ0v) is 16.8. The van der Waals surface area contributed by atoms with E-state index in [0.29, 0.717) is 17.9 Å². The van der Waals surface area contributed by atoms with Crippen LogP contribution in [0.5, 0.6) is 5.75 Å². The van der Waals surface area contributed by atoms with Crippen LogP contribution in [-0.4, -0.2) is 76.3 Å². The van der Waals surface area contributed by atoms with Gasteiger partial charge in [0.2, 0.25) is 10.0 Å². The molecule has 1 aliphatic heterocycles. The average Bonchev–Trinajstić information content (AvgIpc) is 2.64. The molecule has 0 N–H and O–H groups in total. The monoisotopic (exact) mass is 383 g/mol. The average molecular weight is 384 g/mol. The number of hydrogen-bond donors (Lipinski definition) is 0. The summed E-state index contributed by atoms with van der Waals surface area (Å²) in [6, 6.07) is 6.74. The highest BCUT2D eigenvalue weighted by Crippen LogP contribution is 2.22. The molecule has 7 nitrogen and oxygen atoms in total. The van der Waals surface area contributed by atoms with Crippen LogP contribution in [0, 0.1) is 0 Å². The van der Waals surface area contributed by atoms with Crippen molar-refractivity contribution in [3.05, 3.63) is 24.3 Å². The molecule has 1 fully saturated rings. The Morgan fingerprint density at radius 1 is 1.15 bits per heavy atom. The van der Waals surface area contributed by atoms with Gasteiger partial charge >= 0.3 is 0 Å². The molecule has 1 atom stereocenters. The van der Waals surface area contributed by atoms with Gasteiger partial charge in [0.25, 0.3) is 5.91 Å². The van der Waals surface area contributed by atoms with Gasteiger partial charge in [-0.25, -0.2) is 8.42 Å². The van der Waals surface area contributed by atoms with E-state index in [4.69, 9.17) is 4.74 Å². The van der Waals surface area contributed by atoms with Crippen molar-refractivity contribution in [1.82, 2.24) is 9.80 Å². The number of amides is 1. The number of carbonyl (C=O) groups excluding carboxylic acids is 1. The van der Waals surface area contributed by atoms with E-state index in [2.05, 4.69) is 11.8 Å². The van der Waals surface area contributed by atoms with E-state index in [0.717, 1.165) is 39.0 Å². The first-order valence-corrected chi connectivity index (χ1v) is 10.8. The Bertz CT molecular complexity index is 698. The van der Waals surface area contributed by atoms with E-state index in [1.807, 2.05) is 11.8 Å². The molecular formula is C18H29N3O4S. The van der Waals surface area contributed by atoms with Crippen LogP contribution >= 0.6 is 0 Å². The SMILES string of the molecule is CCC(Oc1ccc(N(C)S(C)(=O)=O)cc1)C(=O)N1CCN(CC)CC1. The van der Waals surface area contributed by atoms with E-state index < -0.39 is 16.1 Å². The van der Waals surface area contributed by atoms with Crippen LogP contribution in [-0.2, 0) is 14.8 Å². The molecule has 1 aromatic rings. The van der Waals surface area contributed by atoms with Crippen LogP contribution in [0.2, 0.25) is 0 Å². The summed E-state index contributed by atoms with van der Waals surface area (Å²) in [5.74, 6) is 0.573. The van der Waals surface area contributed by atoms with Crippen molar-refractivity contribution in [3.63, 3.8) is 0 Å². The van der Waals surface area contributed by atoms with E-state index in [9.17, 15) is 13.2 Å². The summed E-state index contributed by atoms with van der Waals surface area (Å²) >= 11 is 0. The minimum Gasteiger partial charge on any atom is -0.481 e. The molecule has 1 aliphatic rings.